The van der Waals surface area contributed by atoms with Crippen molar-refractivity contribution in [3.63, 3.8) is 0 Å². The topological polar surface area (TPSA) is 81.4 Å². The molecule has 2 saturated heterocycles. The number of nitrogens with zero attached hydrogens (tertiary/aromatic N) is 3. The van der Waals surface area contributed by atoms with E-state index in [4.69, 9.17) is 9.47 Å². The molecule has 2 aromatic heterocycles. The van der Waals surface area contributed by atoms with E-state index in [-0.39, 0.29) is 18.2 Å². The molecule has 2 bridgehead atoms. The van der Waals surface area contributed by atoms with Gasteiger partial charge in [-0.2, -0.15) is 5.10 Å². The Balaban J connectivity index is 1.52. The Bertz CT molecular complexity index is 662. The molecule has 0 saturated carbocycles. The van der Waals surface area contributed by atoms with Crippen molar-refractivity contribution in [1.82, 2.24) is 20.1 Å². The molecule has 4 heterocycles. The van der Waals surface area contributed by atoms with E-state index in [9.17, 15) is 5.11 Å². The molecule has 7 nitrogen and oxygen atoms in total. The number of nitrogens with one attached hydrogen (secondary N) is 1. The lowest BCUT2D eigenvalue weighted by Crippen LogP contribution is -2.57. The summed E-state index contributed by atoms with van der Waals surface area (Å²) in [5.41, 5.74) is 1.96. The van der Waals surface area contributed by atoms with Gasteiger partial charge in [0.15, 0.2) is 6.29 Å². The summed E-state index contributed by atoms with van der Waals surface area (Å²) >= 11 is 0. The van der Waals surface area contributed by atoms with Crippen LogP contribution in [0.2, 0.25) is 0 Å². The number of ether oxygens (including phenoxy) is 2. The van der Waals surface area contributed by atoms with Crippen molar-refractivity contribution in [2.75, 3.05) is 6.61 Å². The van der Waals surface area contributed by atoms with Crippen LogP contribution >= 0.6 is 0 Å². The van der Waals surface area contributed by atoms with Crippen molar-refractivity contribution in [2.45, 2.75) is 44.1 Å². The van der Waals surface area contributed by atoms with Crippen LogP contribution in [0.3, 0.4) is 0 Å². The Labute approximate surface area is 134 Å². The van der Waals surface area contributed by atoms with Crippen LogP contribution in [-0.4, -0.2) is 51.0 Å². The van der Waals surface area contributed by atoms with Crippen LogP contribution in [-0.2, 0) is 16.0 Å². The minimum Gasteiger partial charge on any atom is -0.389 e. The molecule has 2 fully saturated rings. The van der Waals surface area contributed by atoms with Crippen LogP contribution in [0.4, 0.5) is 0 Å². The highest BCUT2D eigenvalue weighted by atomic mass is 16.7. The van der Waals surface area contributed by atoms with Gasteiger partial charge in [0.1, 0.15) is 12.1 Å². The second-order valence-corrected chi connectivity index (χ2v) is 6.08. The fourth-order valence-corrected chi connectivity index (χ4v) is 3.26. The summed E-state index contributed by atoms with van der Waals surface area (Å²) in [5, 5.41) is 18.5. The van der Waals surface area contributed by atoms with Gasteiger partial charge >= 0.3 is 0 Å². The summed E-state index contributed by atoms with van der Waals surface area (Å²) in [6, 6.07) is 5.19. The average molecular weight is 316 g/mol. The van der Waals surface area contributed by atoms with E-state index < -0.39 is 12.4 Å². The number of hydrogen-bond acceptors (Lipinski definition) is 6. The van der Waals surface area contributed by atoms with Gasteiger partial charge in [0, 0.05) is 18.9 Å². The molecule has 7 heteroatoms. The second-order valence-electron chi connectivity index (χ2n) is 6.08. The summed E-state index contributed by atoms with van der Waals surface area (Å²) in [6.45, 7) is 3.00. The van der Waals surface area contributed by atoms with Crippen molar-refractivity contribution in [1.29, 1.82) is 0 Å². The Kier molecular flexibility index (Phi) is 3.86. The first-order chi connectivity index (χ1) is 11.2. The maximum atomic E-state index is 10.8. The molecule has 122 valence electrons. The highest BCUT2D eigenvalue weighted by Gasteiger charge is 2.51. The van der Waals surface area contributed by atoms with E-state index in [0.717, 1.165) is 11.3 Å². The molecule has 4 rings (SSSR count). The molecule has 5 atom stereocenters. The second kappa shape index (κ2) is 6.01. The number of pyridine rings is 1. The molecule has 0 radical (unpaired) electrons. The van der Waals surface area contributed by atoms with Gasteiger partial charge in [-0.1, -0.05) is 6.07 Å². The van der Waals surface area contributed by atoms with E-state index in [1.165, 1.54) is 0 Å². The number of aryl methyl sites for hydroxylation is 1. The Morgan fingerprint density at radius 2 is 2.35 bits per heavy atom. The van der Waals surface area contributed by atoms with Crippen molar-refractivity contribution in [3.05, 3.63) is 48.0 Å². The summed E-state index contributed by atoms with van der Waals surface area (Å²) in [5.74, 6) is 0. The number of hydrogen-bond donors (Lipinski definition) is 2. The molecule has 0 spiro atoms. The van der Waals surface area contributed by atoms with E-state index in [1.807, 2.05) is 31.3 Å². The van der Waals surface area contributed by atoms with Gasteiger partial charge in [0.05, 0.1) is 30.6 Å². The normalized spacial score (nSPS) is 33.0. The summed E-state index contributed by atoms with van der Waals surface area (Å²) in [7, 11) is 0. The smallest absolute Gasteiger partial charge is 0.183 e. The average Bonchev–Trinajstić information content (AvgIpc) is 3.17. The van der Waals surface area contributed by atoms with Gasteiger partial charge in [-0.25, -0.2) is 0 Å². The first kappa shape index (κ1) is 14.8. The van der Waals surface area contributed by atoms with E-state index in [0.29, 0.717) is 13.2 Å². The Hall–Kier alpha value is -1.80. The summed E-state index contributed by atoms with van der Waals surface area (Å²) in [6.07, 6.45) is 4.16. The molecule has 0 aliphatic carbocycles. The van der Waals surface area contributed by atoms with Gasteiger partial charge in [0.25, 0.3) is 0 Å². The highest BCUT2D eigenvalue weighted by Crippen LogP contribution is 2.35. The van der Waals surface area contributed by atoms with Gasteiger partial charge < -0.3 is 19.9 Å². The first-order valence-electron chi connectivity index (χ1n) is 7.81. The number of rotatable bonds is 4. The molecule has 23 heavy (non-hydrogen) atoms. The van der Waals surface area contributed by atoms with Crippen molar-refractivity contribution in [2.24, 2.45) is 0 Å². The predicted octanol–water partition coefficient (Wildman–Crippen LogP) is 0.402. The fraction of sp³-hybridized carbons (Fsp3) is 0.500. The minimum atomic E-state index is -0.649. The van der Waals surface area contributed by atoms with Crippen molar-refractivity contribution in [3.8, 4) is 0 Å². The van der Waals surface area contributed by atoms with E-state index in [2.05, 4.69) is 15.4 Å². The maximum absolute atomic E-state index is 10.8. The third-order valence-electron chi connectivity index (χ3n) is 4.41. The lowest BCUT2D eigenvalue weighted by atomic mass is 9.96. The third kappa shape index (κ3) is 2.76. The maximum Gasteiger partial charge on any atom is 0.183 e. The predicted molar refractivity (Wildman–Crippen MR) is 81.5 cm³/mol. The van der Waals surface area contributed by atoms with Gasteiger partial charge in [-0.05, 0) is 24.6 Å². The van der Waals surface area contributed by atoms with Crippen LogP contribution in [0, 0.1) is 6.92 Å². The molecule has 0 amide bonds. The summed E-state index contributed by atoms with van der Waals surface area (Å²) in [4.78, 5) is 4.30. The molecule has 0 aromatic carbocycles. The quantitative estimate of drug-likeness (QED) is 0.850. The zero-order valence-corrected chi connectivity index (χ0v) is 12.9. The molecular formula is C16H20N4O3. The van der Waals surface area contributed by atoms with Gasteiger partial charge in [0.2, 0.25) is 0 Å². The van der Waals surface area contributed by atoms with Gasteiger partial charge in [-0.15, -0.1) is 0 Å². The van der Waals surface area contributed by atoms with Crippen LogP contribution < -0.4 is 5.32 Å². The van der Waals surface area contributed by atoms with E-state index in [1.54, 1.807) is 17.1 Å². The Morgan fingerprint density at radius 3 is 3.09 bits per heavy atom. The number of aliphatic hydroxyl groups excluding tert-OH is 1. The number of aromatic nitrogens is 3. The number of aliphatic hydroxyl groups is 1. The standard InChI is InChI=1S/C16H20N4O3/c1-10-6-19-20(8-10)14-15(21)13(12-9-22-16(14)23-12)18-7-11-4-2-3-5-17-11/h2-6,8,12-16,18,21H,7,9H2,1H3. The largest absolute Gasteiger partial charge is 0.389 e. The molecule has 2 aliphatic rings. The van der Waals surface area contributed by atoms with Crippen LogP contribution in [0.5, 0.6) is 0 Å². The van der Waals surface area contributed by atoms with E-state index >= 15 is 0 Å². The molecule has 5 unspecified atom stereocenters. The highest BCUT2D eigenvalue weighted by molar-refractivity contribution is 5.07. The Morgan fingerprint density at radius 1 is 1.43 bits per heavy atom. The van der Waals surface area contributed by atoms with Crippen LogP contribution in [0.1, 0.15) is 17.3 Å². The minimum absolute atomic E-state index is 0.161. The monoisotopic (exact) mass is 316 g/mol. The lowest BCUT2D eigenvalue weighted by molar-refractivity contribution is -0.168. The van der Waals surface area contributed by atoms with Crippen LogP contribution in [0.15, 0.2) is 36.8 Å². The molecule has 2 aliphatic heterocycles. The number of fused-ring (bicyclic) bond motifs is 2. The molecule has 2 aromatic rings. The third-order valence-corrected chi connectivity index (χ3v) is 4.41. The first-order valence-corrected chi connectivity index (χ1v) is 7.81. The molecular weight excluding hydrogens is 296 g/mol. The van der Waals surface area contributed by atoms with Crippen LogP contribution in [0.25, 0.3) is 0 Å². The zero-order chi connectivity index (χ0) is 15.8. The SMILES string of the molecule is Cc1cnn(C2C3OCC(O3)C(NCc3ccccn3)C2O)c1. The van der Waals surface area contributed by atoms with Gasteiger partial charge in [-0.3, -0.25) is 9.67 Å². The molecule has 2 N–H and O–H groups in total. The van der Waals surface area contributed by atoms with Crippen molar-refractivity contribution >= 4 is 0 Å². The lowest BCUT2D eigenvalue weighted by Gasteiger charge is -2.38. The summed E-state index contributed by atoms with van der Waals surface area (Å²) < 4.78 is 13.4. The fourth-order valence-electron chi connectivity index (χ4n) is 3.26. The van der Waals surface area contributed by atoms with Crippen molar-refractivity contribution < 1.29 is 14.6 Å². The zero-order valence-electron chi connectivity index (χ0n) is 12.9.